The quantitative estimate of drug-likeness (QED) is 0.112. The van der Waals surface area contributed by atoms with Gasteiger partial charge in [0.2, 0.25) is 0 Å². The van der Waals surface area contributed by atoms with Gasteiger partial charge in [-0.1, -0.05) is 43.3 Å². The highest BCUT2D eigenvalue weighted by Crippen LogP contribution is 2.27. The van der Waals surface area contributed by atoms with Gasteiger partial charge in [-0.2, -0.15) is 32.2 Å². The fourth-order valence-corrected chi connectivity index (χ4v) is 5.85. The number of azo groups is 2. The molecule has 0 fully saturated rings. The third kappa shape index (κ3) is 10.7. The minimum atomic E-state index is -4.31. The number of hydrogen-bond donors (Lipinski definition) is 2. The summed E-state index contributed by atoms with van der Waals surface area (Å²) in [6.45, 7) is 9.65. The van der Waals surface area contributed by atoms with Crippen LogP contribution in [-0.2, 0) is 33.1 Å². The summed E-state index contributed by atoms with van der Waals surface area (Å²) in [5, 5.41) is 16.2. The Morgan fingerprint density at radius 2 is 1.27 bits per heavy atom. The first-order chi connectivity index (χ1) is 23.1. The van der Waals surface area contributed by atoms with Crippen molar-refractivity contribution in [1.29, 1.82) is 0 Å². The van der Waals surface area contributed by atoms with E-state index in [0.717, 1.165) is 23.1 Å². The molecule has 0 unspecified atom stereocenters. The molecule has 1 aromatic heterocycles. The summed E-state index contributed by atoms with van der Waals surface area (Å²) >= 11 is 0. The lowest BCUT2D eigenvalue weighted by atomic mass is 10.1. The van der Waals surface area contributed by atoms with E-state index < -0.39 is 20.2 Å². The number of rotatable bonds is 9. The molecule has 4 aromatic carbocycles. The van der Waals surface area contributed by atoms with Crippen LogP contribution in [0.2, 0.25) is 0 Å². The van der Waals surface area contributed by atoms with E-state index in [9.17, 15) is 16.8 Å². The first kappa shape index (κ1) is 36.7. The van der Waals surface area contributed by atoms with E-state index in [0.29, 0.717) is 41.0 Å². The molecule has 254 valence electrons. The van der Waals surface area contributed by atoms with Gasteiger partial charge in [0, 0.05) is 6.42 Å². The van der Waals surface area contributed by atoms with Crippen molar-refractivity contribution in [2.24, 2.45) is 20.5 Å². The van der Waals surface area contributed by atoms with Gasteiger partial charge in [0.25, 0.3) is 20.2 Å². The second-order valence-corrected chi connectivity index (χ2v) is 13.7. The molecule has 0 amide bonds. The molecule has 1 heterocycles. The smallest absolute Gasteiger partial charge is 0.282 e. The van der Waals surface area contributed by atoms with Gasteiger partial charge < -0.3 is 0 Å². The third-order valence-corrected chi connectivity index (χ3v) is 8.79. The summed E-state index contributed by atoms with van der Waals surface area (Å²) in [6, 6.07) is 23.0. The van der Waals surface area contributed by atoms with E-state index in [-0.39, 0.29) is 15.5 Å². The highest BCUT2D eigenvalue weighted by molar-refractivity contribution is 7.86. The Labute approximate surface area is 285 Å². The Morgan fingerprint density at radius 1 is 0.612 bits per heavy atom. The zero-order valence-corrected chi connectivity index (χ0v) is 29.1. The van der Waals surface area contributed by atoms with E-state index >= 15 is 0 Å². The predicted molar refractivity (Wildman–Crippen MR) is 185 cm³/mol. The molecule has 0 spiro atoms. The highest BCUT2D eigenvalue weighted by Gasteiger charge is 2.14. The number of benzene rings is 4. The molecule has 5 aromatic rings. The summed E-state index contributed by atoms with van der Waals surface area (Å²) in [5.41, 5.74) is 6.01. The monoisotopic (exact) mass is 701 g/mol. The van der Waals surface area contributed by atoms with Crippen molar-refractivity contribution in [2.75, 3.05) is 0 Å². The van der Waals surface area contributed by atoms with Crippen molar-refractivity contribution in [3.8, 4) is 0 Å². The maximum Gasteiger partial charge on any atom is 0.296 e. The maximum atomic E-state index is 11.3. The van der Waals surface area contributed by atoms with Gasteiger partial charge in [0.05, 0.1) is 22.0 Å². The summed E-state index contributed by atoms with van der Waals surface area (Å²) in [4.78, 5) is 12.4. The minimum absolute atomic E-state index is 0.109. The summed E-state index contributed by atoms with van der Waals surface area (Å²) < 4.78 is 63.2. The van der Waals surface area contributed by atoms with Crippen LogP contribution in [-0.4, -0.2) is 40.9 Å². The van der Waals surface area contributed by atoms with Gasteiger partial charge in [-0.25, -0.2) is 15.0 Å². The van der Waals surface area contributed by atoms with Crippen LogP contribution >= 0.6 is 0 Å². The van der Waals surface area contributed by atoms with Crippen LogP contribution in [0.15, 0.2) is 115 Å². The van der Waals surface area contributed by atoms with Crippen molar-refractivity contribution in [2.45, 2.75) is 57.3 Å². The SMILES string of the molecule is CCc1ccc(N=Nc2ccccc2S(=O)(=O)O)cc1C.Cc1nc(C)nc(Cc2ccc(N=Nc3cccc(S(=O)(=O)O)c3)c(C)c2)n1. The van der Waals surface area contributed by atoms with Gasteiger partial charge in [0.15, 0.2) is 0 Å². The Morgan fingerprint density at radius 3 is 1.88 bits per heavy atom. The predicted octanol–water partition coefficient (Wildman–Crippen LogP) is 8.27. The van der Waals surface area contributed by atoms with E-state index in [2.05, 4.69) is 42.3 Å². The van der Waals surface area contributed by atoms with Crippen molar-refractivity contribution < 1.29 is 25.9 Å². The third-order valence-electron chi connectivity index (χ3n) is 7.04. The van der Waals surface area contributed by atoms with Gasteiger partial charge in [0.1, 0.15) is 28.1 Å². The first-order valence-electron chi connectivity index (χ1n) is 15.0. The van der Waals surface area contributed by atoms with Crippen LogP contribution in [0, 0.1) is 27.7 Å². The Bertz CT molecular complexity index is 2240. The van der Waals surface area contributed by atoms with E-state index in [4.69, 9.17) is 9.11 Å². The highest BCUT2D eigenvalue weighted by atomic mass is 32.2. The van der Waals surface area contributed by atoms with Crippen molar-refractivity contribution >= 4 is 43.0 Å². The topological polar surface area (TPSA) is 197 Å². The van der Waals surface area contributed by atoms with E-state index in [1.807, 2.05) is 64.1 Å². The summed E-state index contributed by atoms with van der Waals surface area (Å²) in [5.74, 6) is 2.09. The van der Waals surface area contributed by atoms with Crippen LogP contribution in [0.5, 0.6) is 0 Å². The molecular formula is C34H35N7O6S2. The molecule has 5 rings (SSSR count). The van der Waals surface area contributed by atoms with E-state index in [1.54, 1.807) is 12.1 Å². The van der Waals surface area contributed by atoms with Crippen LogP contribution in [0.4, 0.5) is 22.7 Å². The second-order valence-electron chi connectivity index (χ2n) is 10.9. The molecule has 0 radical (unpaired) electrons. The normalized spacial score (nSPS) is 11.9. The fraction of sp³-hybridized carbons (Fsp3) is 0.206. The average Bonchev–Trinajstić information content (AvgIpc) is 3.03. The van der Waals surface area contributed by atoms with Gasteiger partial charge >= 0.3 is 0 Å². The average molecular weight is 702 g/mol. The molecule has 0 saturated carbocycles. The standard InChI is InChI=1S/C19H19N5O3S.C15H16N2O3S/c1-12-9-15(10-19-21-13(2)20-14(3)22-19)7-8-18(12)24-23-16-5-4-6-17(11-16)28(25,26)27;1-3-12-8-9-13(10-11(12)2)16-17-14-6-4-5-7-15(14)21(18,19)20/h4-9,11H,10H2,1-3H3,(H,25,26,27);4-10H,3H2,1-2H3,(H,18,19,20). The summed E-state index contributed by atoms with van der Waals surface area (Å²) in [6.07, 6.45) is 1.52. The molecule has 0 aliphatic carbocycles. The number of nitrogens with zero attached hydrogens (tertiary/aromatic N) is 7. The number of aryl methyl sites for hydroxylation is 5. The Balaban J connectivity index is 0.000000230. The molecule has 0 aliphatic rings. The Kier molecular flexibility index (Phi) is 11.9. The zero-order chi connectivity index (χ0) is 35.8. The van der Waals surface area contributed by atoms with Crippen LogP contribution in [0.1, 0.15) is 46.7 Å². The van der Waals surface area contributed by atoms with E-state index in [1.165, 1.54) is 42.0 Å². The first-order valence-corrected chi connectivity index (χ1v) is 17.8. The van der Waals surface area contributed by atoms with Crippen molar-refractivity contribution in [3.63, 3.8) is 0 Å². The van der Waals surface area contributed by atoms with Crippen LogP contribution in [0.25, 0.3) is 0 Å². The maximum absolute atomic E-state index is 11.3. The Hall–Kier alpha value is -5.09. The van der Waals surface area contributed by atoms with Gasteiger partial charge in [-0.3, -0.25) is 9.11 Å². The fourth-order valence-electron chi connectivity index (χ4n) is 4.71. The lowest BCUT2D eigenvalue weighted by molar-refractivity contribution is 0.481. The number of aromatic nitrogens is 3. The molecule has 49 heavy (non-hydrogen) atoms. The largest absolute Gasteiger partial charge is 0.296 e. The van der Waals surface area contributed by atoms with Crippen LogP contribution < -0.4 is 0 Å². The van der Waals surface area contributed by atoms with Crippen molar-refractivity contribution in [3.05, 3.63) is 125 Å². The zero-order valence-electron chi connectivity index (χ0n) is 27.5. The lowest BCUT2D eigenvalue weighted by Gasteiger charge is -2.06. The molecular weight excluding hydrogens is 667 g/mol. The summed E-state index contributed by atoms with van der Waals surface area (Å²) in [7, 11) is -8.59. The minimum Gasteiger partial charge on any atom is -0.282 e. The molecule has 15 heteroatoms. The molecule has 13 nitrogen and oxygen atoms in total. The van der Waals surface area contributed by atoms with Crippen molar-refractivity contribution in [1.82, 2.24) is 15.0 Å². The molecule has 0 aliphatic heterocycles. The lowest BCUT2D eigenvalue weighted by Crippen LogP contribution is -2.03. The molecule has 0 saturated heterocycles. The molecule has 2 N–H and O–H groups in total. The molecule has 0 bridgehead atoms. The number of hydrogen-bond acceptors (Lipinski definition) is 11. The van der Waals surface area contributed by atoms with Gasteiger partial charge in [-0.15, -0.1) is 5.11 Å². The van der Waals surface area contributed by atoms with Gasteiger partial charge in [-0.05, 0) is 105 Å². The second kappa shape index (κ2) is 15.9. The molecule has 0 atom stereocenters. The van der Waals surface area contributed by atoms with Crippen LogP contribution in [0.3, 0.4) is 0 Å².